The van der Waals surface area contributed by atoms with E-state index in [-0.39, 0.29) is 18.5 Å². The summed E-state index contributed by atoms with van der Waals surface area (Å²) in [5.74, 6) is -1.89. The van der Waals surface area contributed by atoms with Crippen LogP contribution >= 0.6 is 0 Å². The fraction of sp³-hybridized carbons (Fsp3) is 0.200. The zero-order valence-electron chi connectivity index (χ0n) is 20.8. The maximum absolute atomic E-state index is 14.0. The highest BCUT2D eigenvalue weighted by Crippen LogP contribution is 2.54. The molecule has 9 heteroatoms. The van der Waals surface area contributed by atoms with E-state index < -0.39 is 35.8 Å². The summed E-state index contributed by atoms with van der Waals surface area (Å²) in [6.45, 7) is 1.37. The molecule has 2 amide bonds. The molecule has 7 rings (SSSR count). The fourth-order valence-corrected chi connectivity index (χ4v) is 6.16. The Morgan fingerprint density at radius 1 is 0.897 bits per heavy atom. The first-order valence-electron chi connectivity index (χ1n) is 12.6. The van der Waals surface area contributed by atoms with Gasteiger partial charge in [-0.05, 0) is 53.6 Å². The minimum Gasteiger partial charge on any atom is -0.454 e. The van der Waals surface area contributed by atoms with Gasteiger partial charge in [-0.1, -0.05) is 24.3 Å². The number of amides is 2. The molecule has 2 saturated heterocycles. The van der Waals surface area contributed by atoms with E-state index in [2.05, 4.69) is 0 Å². The van der Waals surface area contributed by atoms with Crippen molar-refractivity contribution in [2.75, 3.05) is 11.7 Å². The normalized spacial score (nSPS) is 23.9. The second-order valence-electron chi connectivity index (χ2n) is 9.86. The summed E-state index contributed by atoms with van der Waals surface area (Å²) in [6.07, 6.45) is 3.72. The van der Waals surface area contributed by atoms with Crippen LogP contribution in [-0.2, 0) is 14.4 Å². The quantitative estimate of drug-likeness (QED) is 0.221. The number of carbonyl (C=O) groups is 4. The van der Waals surface area contributed by atoms with Crippen molar-refractivity contribution in [2.45, 2.75) is 19.0 Å². The van der Waals surface area contributed by atoms with Crippen molar-refractivity contribution in [3.8, 4) is 17.2 Å². The van der Waals surface area contributed by atoms with Crippen LogP contribution in [0.2, 0.25) is 0 Å². The molecule has 4 atom stereocenters. The number of hydrogen-bond donors (Lipinski definition) is 0. The Hall–Kier alpha value is -4.92. The van der Waals surface area contributed by atoms with Gasteiger partial charge in [0.05, 0.1) is 23.6 Å². The summed E-state index contributed by atoms with van der Waals surface area (Å²) >= 11 is 0. The molecule has 3 aromatic rings. The van der Waals surface area contributed by atoms with E-state index in [9.17, 15) is 19.2 Å². The number of fused-ring (bicyclic) bond motifs is 6. The molecule has 0 radical (unpaired) electrons. The molecule has 2 fully saturated rings. The van der Waals surface area contributed by atoms with Crippen LogP contribution in [0.15, 0.2) is 72.9 Å². The number of ketones is 1. The fourth-order valence-electron chi connectivity index (χ4n) is 6.16. The lowest BCUT2D eigenvalue weighted by Gasteiger charge is -2.35. The van der Waals surface area contributed by atoms with Crippen LogP contribution in [0.1, 0.15) is 34.5 Å². The van der Waals surface area contributed by atoms with Crippen LogP contribution in [0.3, 0.4) is 0 Å². The molecular formula is C30H22N2O7. The maximum atomic E-state index is 14.0. The number of hydrogen-bond acceptors (Lipinski definition) is 8. The van der Waals surface area contributed by atoms with E-state index >= 15 is 0 Å². The smallest absolute Gasteiger partial charge is 0.308 e. The van der Waals surface area contributed by atoms with Crippen molar-refractivity contribution in [3.05, 3.63) is 89.6 Å². The topological polar surface area (TPSA) is 102 Å². The summed E-state index contributed by atoms with van der Waals surface area (Å²) in [5, 5.41) is 0. The van der Waals surface area contributed by atoms with Gasteiger partial charge in [0, 0.05) is 24.8 Å². The average molecular weight is 523 g/mol. The highest BCUT2D eigenvalue weighted by atomic mass is 16.7. The van der Waals surface area contributed by atoms with E-state index in [0.717, 1.165) is 11.1 Å². The third-order valence-corrected chi connectivity index (χ3v) is 7.74. The molecule has 0 spiro atoms. The van der Waals surface area contributed by atoms with Crippen molar-refractivity contribution in [1.29, 1.82) is 0 Å². The maximum Gasteiger partial charge on any atom is 0.308 e. The predicted molar refractivity (Wildman–Crippen MR) is 138 cm³/mol. The van der Waals surface area contributed by atoms with Gasteiger partial charge in [-0.2, -0.15) is 0 Å². The van der Waals surface area contributed by atoms with Gasteiger partial charge in [0.1, 0.15) is 11.8 Å². The molecule has 0 N–H and O–H groups in total. The Morgan fingerprint density at radius 3 is 2.44 bits per heavy atom. The van der Waals surface area contributed by atoms with E-state index in [1.807, 2.05) is 41.4 Å². The second kappa shape index (κ2) is 8.56. The average Bonchev–Trinajstić information content (AvgIpc) is 3.61. The van der Waals surface area contributed by atoms with Gasteiger partial charge < -0.3 is 19.1 Å². The predicted octanol–water partition coefficient (Wildman–Crippen LogP) is 3.74. The number of ether oxygens (including phenoxy) is 3. The van der Waals surface area contributed by atoms with Crippen LogP contribution in [0.25, 0.3) is 6.08 Å². The second-order valence-corrected chi connectivity index (χ2v) is 9.86. The molecule has 0 aromatic heterocycles. The summed E-state index contributed by atoms with van der Waals surface area (Å²) in [5.41, 5.74) is 2.57. The molecule has 39 heavy (non-hydrogen) atoms. The number of imide groups is 1. The third-order valence-electron chi connectivity index (χ3n) is 7.74. The number of nitrogens with zero attached hydrogens (tertiary/aromatic N) is 2. The van der Waals surface area contributed by atoms with Gasteiger partial charge >= 0.3 is 5.97 Å². The number of esters is 1. The van der Waals surface area contributed by atoms with Crippen molar-refractivity contribution >= 4 is 35.3 Å². The van der Waals surface area contributed by atoms with Crippen LogP contribution in [0, 0.1) is 11.8 Å². The lowest BCUT2D eigenvalue weighted by Crippen LogP contribution is -2.44. The number of Topliss-reactive ketones (excluding diaryl/α,β-unsaturated/α-hetero) is 1. The Balaban J connectivity index is 1.31. The zero-order valence-corrected chi connectivity index (χ0v) is 20.8. The standard InChI is InChI=1S/C30H22N2O7/c1-16(33)39-20-9-6-18(7-10-20)28(34)27-25-24(26-21-5-3-2-4-17(21)12-13-31(26)27)29(35)32(30(25)36)19-8-11-22-23(14-19)38-15-37-22/h2-14,24-27H,15H2,1H3. The molecule has 9 nitrogen and oxygen atoms in total. The molecular weight excluding hydrogens is 500 g/mol. The molecule has 4 unspecified atom stereocenters. The van der Waals surface area contributed by atoms with Crippen LogP contribution in [0.5, 0.6) is 17.2 Å². The molecule has 3 aromatic carbocycles. The van der Waals surface area contributed by atoms with Gasteiger partial charge in [0.25, 0.3) is 0 Å². The summed E-state index contributed by atoms with van der Waals surface area (Å²) in [6, 6.07) is 17.5. The number of rotatable bonds is 4. The first kappa shape index (κ1) is 23.2. The number of benzene rings is 3. The molecule has 4 aliphatic rings. The molecule has 4 heterocycles. The summed E-state index contributed by atoms with van der Waals surface area (Å²) in [4.78, 5) is 56.5. The highest BCUT2D eigenvalue weighted by Gasteiger charge is 2.64. The first-order chi connectivity index (χ1) is 18.9. The Kier molecular flexibility index (Phi) is 5.09. The Labute approximate surface area is 223 Å². The third kappa shape index (κ3) is 3.46. The van der Waals surface area contributed by atoms with Crippen molar-refractivity contribution < 1.29 is 33.4 Å². The molecule has 4 aliphatic heterocycles. The Morgan fingerprint density at radius 2 is 1.64 bits per heavy atom. The summed E-state index contributed by atoms with van der Waals surface area (Å²) in [7, 11) is 0. The lowest BCUT2D eigenvalue weighted by atomic mass is 9.83. The van der Waals surface area contributed by atoms with E-state index in [0.29, 0.717) is 28.5 Å². The van der Waals surface area contributed by atoms with E-state index in [1.54, 1.807) is 42.5 Å². The minimum absolute atomic E-state index is 0.0684. The SMILES string of the molecule is CC(=O)Oc1ccc(C(=O)C2C3C(=O)N(c4ccc5c(c4)OCO5)C(=O)C3C3c4ccccc4C=CN23)cc1. The van der Waals surface area contributed by atoms with E-state index in [4.69, 9.17) is 14.2 Å². The first-order valence-corrected chi connectivity index (χ1v) is 12.6. The van der Waals surface area contributed by atoms with Gasteiger partial charge in [0.15, 0.2) is 17.3 Å². The van der Waals surface area contributed by atoms with Gasteiger partial charge in [-0.15, -0.1) is 0 Å². The number of carbonyl (C=O) groups excluding carboxylic acids is 4. The molecule has 194 valence electrons. The molecule has 0 saturated carbocycles. The zero-order chi connectivity index (χ0) is 26.8. The number of anilines is 1. The Bertz CT molecular complexity index is 1600. The van der Waals surface area contributed by atoms with Crippen LogP contribution in [0.4, 0.5) is 5.69 Å². The largest absolute Gasteiger partial charge is 0.454 e. The lowest BCUT2D eigenvalue weighted by molar-refractivity contribution is -0.132. The van der Waals surface area contributed by atoms with Gasteiger partial charge in [0.2, 0.25) is 18.6 Å². The van der Waals surface area contributed by atoms with Crippen molar-refractivity contribution in [2.24, 2.45) is 11.8 Å². The molecule has 0 bridgehead atoms. The highest BCUT2D eigenvalue weighted by molar-refractivity contribution is 6.24. The van der Waals surface area contributed by atoms with Crippen LogP contribution in [-0.4, -0.2) is 41.3 Å². The van der Waals surface area contributed by atoms with Gasteiger partial charge in [-0.25, -0.2) is 4.90 Å². The van der Waals surface area contributed by atoms with Crippen molar-refractivity contribution in [1.82, 2.24) is 4.90 Å². The minimum atomic E-state index is -0.903. The van der Waals surface area contributed by atoms with Crippen molar-refractivity contribution in [3.63, 3.8) is 0 Å². The monoisotopic (exact) mass is 522 g/mol. The molecule has 0 aliphatic carbocycles. The van der Waals surface area contributed by atoms with E-state index in [1.165, 1.54) is 11.8 Å². The van der Waals surface area contributed by atoms with Crippen LogP contribution < -0.4 is 19.1 Å². The summed E-state index contributed by atoms with van der Waals surface area (Å²) < 4.78 is 16.0. The van der Waals surface area contributed by atoms with Gasteiger partial charge in [-0.3, -0.25) is 19.2 Å².